The molecule has 4 N–H and O–H groups in total. The summed E-state index contributed by atoms with van der Waals surface area (Å²) in [6.07, 6.45) is 9.74. The van der Waals surface area contributed by atoms with E-state index in [-0.39, 0.29) is 18.6 Å². The lowest BCUT2D eigenvalue weighted by atomic mass is 9.48. The van der Waals surface area contributed by atoms with Crippen molar-refractivity contribution in [3.63, 3.8) is 0 Å². The van der Waals surface area contributed by atoms with Crippen LogP contribution in [0.5, 0.6) is 5.75 Å². The number of H-pyrrole nitrogens is 1. The maximum atomic E-state index is 13.0. The number of aromatic nitrogens is 1. The molecule has 10 heteroatoms. The second-order valence-corrected chi connectivity index (χ2v) is 17.2. The minimum atomic E-state index is -1.78. The molecule has 2 aromatic carbocycles. The summed E-state index contributed by atoms with van der Waals surface area (Å²) in [7, 11) is 3.70. The van der Waals surface area contributed by atoms with Gasteiger partial charge in [0.25, 0.3) is 0 Å². The van der Waals surface area contributed by atoms with Gasteiger partial charge in [0.1, 0.15) is 17.5 Å². The lowest BCUT2D eigenvalue weighted by molar-refractivity contribution is -0.228. The zero-order valence-corrected chi connectivity index (χ0v) is 32.4. The number of fused-ring (bicyclic) bond motifs is 6. The Morgan fingerprint density at radius 2 is 1.89 bits per heavy atom. The number of benzene rings is 2. The molecule has 1 saturated carbocycles. The summed E-state index contributed by atoms with van der Waals surface area (Å²) in [4.78, 5) is 23.9. The van der Waals surface area contributed by atoms with Gasteiger partial charge in [0, 0.05) is 90.9 Å². The molecule has 9 rings (SSSR count). The molecule has 54 heavy (non-hydrogen) atoms. The average Bonchev–Trinajstić information content (AvgIpc) is 3.84. The Labute approximate surface area is 318 Å². The first-order valence-corrected chi connectivity index (χ1v) is 20.1. The second-order valence-electron chi connectivity index (χ2n) is 17.2. The third-order valence-corrected chi connectivity index (χ3v) is 14.8. The second kappa shape index (κ2) is 12.7. The number of hydrogen-bond donors (Lipinski definition) is 4. The van der Waals surface area contributed by atoms with Gasteiger partial charge >= 0.3 is 5.97 Å². The van der Waals surface area contributed by atoms with Gasteiger partial charge in [-0.1, -0.05) is 55.8 Å². The molecule has 288 valence electrons. The maximum Gasteiger partial charge on any atom is 0.303 e. The molecule has 2 fully saturated rings. The molecule has 0 radical (unpaired) electrons. The quantitative estimate of drug-likeness (QED) is 0.206. The molecule has 3 aromatic rings. The van der Waals surface area contributed by atoms with Crippen molar-refractivity contribution in [2.75, 3.05) is 65.0 Å². The average molecular weight is 737 g/mol. The van der Waals surface area contributed by atoms with Crippen LogP contribution in [-0.2, 0) is 26.8 Å². The highest BCUT2D eigenvalue weighted by atomic mass is 16.6. The van der Waals surface area contributed by atoms with E-state index in [0.717, 1.165) is 80.0 Å². The number of hydrogen-bond acceptors (Lipinski definition) is 9. The fourth-order valence-electron chi connectivity index (χ4n) is 12.9. The largest absolute Gasteiger partial charge is 0.496 e. The Balaban J connectivity index is 1.33. The number of carbonyl (C=O) groups is 1. The SMILES string of the molecule is CCC1=C[C@@H]2CN(CCc3c([nH]c4ccccc34)[C@@](CO)(c3cc4c(cc3OC)N(C)[C@H]3[C@@](O)(CO)[C@H](OC(C)=O)[C@]5(CC)C=CCN6CC[C@]43[C@@H]65)C2)C1. The predicted molar refractivity (Wildman–Crippen MR) is 209 cm³/mol. The summed E-state index contributed by atoms with van der Waals surface area (Å²) in [5.41, 5.74) is 3.77. The smallest absolute Gasteiger partial charge is 0.303 e. The highest BCUT2D eigenvalue weighted by molar-refractivity contribution is 5.86. The van der Waals surface area contributed by atoms with E-state index >= 15 is 0 Å². The predicted octanol–water partition coefficient (Wildman–Crippen LogP) is 4.43. The van der Waals surface area contributed by atoms with Gasteiger partial charge in [-0.25, -0.2) is 0 Å². The number of esters is 1. The molecule has 1 aliphatic carbocycles. The van der Waals surface area contributed by atoms with E-state index in [4.69, 9.17) is 9.47 Å². The van der Waals surface area contributed by atoms with Gasteiger partial charge < -0.3 is 34.7 Å². The van der Waals surface area contributed by atoms with Crippen LogP contribution in [0, 0.1) is 11.3 Å². The number of aliphatic hydroxyl groups excluding tert-OH is 2. The fraction of sp³-hybridized carbons (Fsp3) is 0.568. The first-order valence-electron chi connectivity index (χ1n) is 20.1. The Morgan fingerprint density at radius 1 is 1.07 bits per heavy atom. The molecular formula is C44H56N4O6. The molecule has 1 spiro atoms. The number of ether oxygens (including phenoxy) is 2. The minimum Gasteiger partial charge on any atom is -0.496 e. The molecule has 9 atom stereocenters. The number of nitrogens with one attached hydrogen (secondary N) is 1. The number of likely N-dealkylation sites (N-methyl/N-ethyl adjacent to an activating group) is 1. The third kappa shape index (κ3) is 4.61. The summed E-state index contributed by atoms with van der Waals surface area (Å²) in [6.45, 7) is 9.46. The highest BCUT2D eigenvalue weighted by Crippen LogP contribution is 2.68. The summed E-state index contributed by atoms with van der Waals surface area (Å²) in [6, 6.07) is 12.2. The topological polar surface area (TPSA) is 122 Å². The molecule has 6 aliphatic rings. The van der Waals surface area contributed by atoms with E-state index in [9.17, 15) is 20.1 Å². The van der Waals surface area contributed by atoms with Crippen molar-refractivity contribution < 1.29 is 29.6 Å². The highest BCUT2D eigenvalue weighted by Gasteiger charge is 2.78. The molecule has 6 heterocycles. The molecule has 1 unspecified atom stereocenters. The number of rotatable bonds is 7. The van der Waals surface area contributed by atoms with Crippen molar-refractivity contribution in [1.29, 1.82) is 0 Å². The summed E-state index contributed by atoms with van der Waals surface area (Å²) < 4.78 is 12.6. The van der Waals surface area contributed by atoms with Crippen LogP contribution >= 0.6 is 0 Å². The maximum absolute atomic E-state index is 13.0. The van der Waals surface area contributed by atoms with Crippen molar-refractivity contribution >= 4 is 22.6 Å². The van der Waals surface area contributed by atoms with E-state index in [1.807, 2.05) is 7.05 Å². The summed E-state index contributed by atoms with van der Waals surface area (Å²) >= 11 is 0. The van der Waals surface area contributed by atoms with E-state index in [1.165, 1.54) is 23.4 Å². The first-order chi connectivity index (χ1) is 26.0. The van der Waals surface area contributed by atoms with Crippen LogP contribution in [0.2, 0.25) is 0 Å². The van der Waals surface area contributed by atoms with Crippen LogP contribution in [0.3, 0.4) is 0 Å². The van der Waals surface area contributed by atoms with Gasteiger partial charge in [0.15, 0.2) is 0 Å². The number of carbonyl (C=O) groups excluding carboxylic acids is 1. The Kier molecular flexibility index (Phi) is 8.45. The Bertz CT molecular complexity index is 2060. The van der Waals surface area contributed by atoms with Gasteiger partial charge in [0.2, 0.25) is 0 Å². The Hall–Kier alpha value is -3.67. The number of nitrogens with zero attached hydrogens (tertiary/aromatic N) is 3. The van der Waals surface area contributed by atoms with E-state index in [1.54, 1.807) is 7.11 Å². The van der Waals surface area contributed by atoms with Crippen molar-refractivity contribution in [3.8, 4) is 5.75 Å². The molecule has 5 aliphatic heterocycles. The molecule has 10 nitrogen and oxygen atoms in total. The first kappa shape index (κ1) is 36.0. The normalized spacial score (nSPS) is 36.7. The van der Waals surface area contributed by atoms with Crippen molar-refractivity contribution in [2.24, 2.45) is 11.3 Å². The standard InChI is InChI=1S/C44H56N4O6/c1-6-28-19-29-22-42(25-49,37-31(13-17-47(23-28)24-29)30-11-8-9-12-34(30)45-37)33-20-32-35(21-36(33)53-5)46(4)39-43(32)15-18-48-16-10-14-41(7-2,38(43)48)40(54-27(3)51)44(39,52)26-50/h8-12,14,19-21,29,38-40,45,49-50,52H,6-7,13,15-18,22-26H2,1-5H3/t29-,38-,39+,40+,41+,42-,43+,44-/m0/s1. The van der Waals surface area contributed by atoms with E-state index in [0.29, 0.717) is 18.6 Å². The number of aliphatic hydroxyl groups is 3. The Morgan fingerprint density at radius 3 is 2.61 bits per heavy atom. The van der Waals surface area contributed by atoms with E-state index in [2.05, 4.69) is 88.2 Å². The third-order valence-electron chi connectivity index (χ3n) is 14.8. The molecule has 1 saturated heterocycles. The molecular weight excluding hydrogens is 681 g/mol. The molecule has 2 bridgehead atoms. The van der Waals surface area contributed by atoms with E-state index < -0.39 is 46.6 Å². The van der Waals surface area contributed by atoms with Gasteiger partial charge in [0.05, 0.1) is 31.8 Å². The molecule has 0 amide bonds. The lowest BCUT2D eigenvalue weighted by Gasteiger charge is -2.64. The summed E-state index contributed by atoms with van der Waals surface area (Å²) in [5, 5.41) is 37.7. The zero-order chi connectivity index (χ0) is 37.8. The van der Waals surface area contributed by atoms with Crippen molar-refractivity contribution in [1.82, 2.24) is 14.8 Å². The zero-order valence-electron chi connectivity index (χ0n) is 32.4. The molecule has 1 aromatic heterocycles. The van der Waals surface area contributed by atoms with Crippen LogP contribution in [0.15, 0.2) is 60.2 Å². The number of aromatic amines is 1. The van der Waals surface area contributed by atoms with Crippen LogP contribution in [0.1, 0.15) is 68.8 Å². The van der Waals surface area contributed by atoms with Gasteiger partial charge in [-0.05, 0) is 67.8 Å². The van der Waals surface area contributed by atoms with Crippen molar-refractivity contribution in [3.05, 3.63) is 82.6 Å². The fourth-order valence-corrected chi connectivity index (χ4v) is 12.9. The minimum absolute atomic E-state index is 0.109. The van der Waals surface area contributed by atoms with Gasteiger partial charge in [-0.15, -0.1) is 0 Å². The summed E-state index contributed by atoms with van der Waals surface area (Å²) in [5.74, 6) is 0.422. The van der Waals surface area contributed by atoms with Crippen LogP contribution in [0.25, 0.3) is 10.9 Å². The van der Waals surface area contributed by atoms with Crippen LogP contribution in [0.4, 0.5) is 5.69 Å². The van der Waals surface area contributed by atoms with Gasteiger partial charge in [-0.3, -0.25) is 14.6 Å². The van der Waals surface area contributed by atoms with Crippen molar-refractivity contribution in [2.45, 2.75) is 87.5 Å². The number of anilines is 1. The van der Waals surface area contributed by atoms with Crippen LogP contribution in [-0.4, -0.2) is 120 Å². The monoisotopic (exact) mass is 736 g/mol. The van der Waals surface area contributed by atoms with Gasteiger partial charge in [-0.2, -0.15) is 0 Å². The lowest BCUT2D eigenvalue weighted by Crippen LogP contribution is -2.80. The number of para-hydroxylation sites is 1. The number of methoxy groups -OCH3 is 1. The van der Waals surface area contributed by atoms with Crippen LogP contribution < -0.4 is 9.64 Å².